The second-order valence-corrected chi connectivity index (χ2v) is 5.50. The van der Waals surface area contributed by atoms with E-state index < -0.39 is 0 Å². The molecule has 1 aromatic heterocycles. The van der Waals surface area contributed by atoms with E-state index in [1.165, 1.54) is 5.52 Å². The zero-order chi connectivity index (χ0) is 14.7. The monoisotopic (exact) mass is 335 g/mol. The maximum Gasteiger partial charge on any atom is 0.333 e. The number of carbonyl (C=O) groups is 1. The average Bonchev–Trinajstić information content (AvgIpc) is 2.76. The summed E-state index contributed by atoms with van der Waals surface area (Å²) in [6.07, 6.45) is 3.96. The Morgan fingerprint density at radius 3 is 2.80 bits per heavy atom. The highest BCUT2D eigenvalue weighted by Crippen LogP contribution is 2.27. The fraction of sp³-hybridized carbons (Fsp3) is 0.312. The molecule has 4 heteroatoms. The van der Waals surface area contributed by atoms with Crippen molar-refractivity contribution in [1.82, 2.24) is 4.57 Å². The van der Waals surface area contributed by atoms with Crippen LogP contribution in [0.15, 0.2) is 34.4 Å². The second-order valence-electron chi connectivity index (χ2n) is 4.58. The molecule has 0 aliphatic heterocycles. The maximum atomic E-state index is 11.7. The largest absolute Gasteiger partial charge is 0.463 e. The molecule has 0 fully saturated rings. The summed E-state index contributed by atoms with van der Waals surface area (Å²) in [6.45, 7) is 6.99. The number of nitrogens with zero attached hydrogens (tertiary/aromatic N) is 1. The number of benzene rings is 1. The van der Waals surface area contributed by atoms with Crippen LogP contribution < -0.4 is 0 Å². The van der Waals surface area contributed by atoms with Crippen LogP contribution in [-0.4, -0.2) is 17.1 Å². The zero-order valence-corrected chi connectivity index (χ0v) is 13.5. The van der Waals surface area contributed by atoms with Gasteiger partial charge in [0.2, 0.25) is 0 Å². The van der Waals surface area contributed by atoms with Gasteiger partial charge in [0, 0.05) is 39.3 Å². The first-order valence-corrected chi connectivity index (χ1v) is 7.50. The van der Waals surface area contributed by atoms with Gasteiger partial charge in [0.1, 0.15) is 0 Å². The predicted molar refractivity (Wildman–Crippen MR) is 85.6 cm³/mol. The molecule has 0 atom stereocenters. The van der Waals surface area contributed by atoms with E-state index in [4.69, 9.17) is 4.74 Å². The Labute approximate surface area is 127 Å². The summed E-state index contributed by atoms with van der Waals surface area (Å²) in [5, 5.41) is 1.13. The summed E-state index contributed by atoms with van der Waals surface area (Å²) in [6, 6.07) is 6.19. The number of ether oxygens (including phenoxy) is 1. The summed E-state index contributed by atoms with van der Waals surface area (Å²) in [5.74, 6) is -0.264. The van der Waals surface area contributed by atoms with E-state index in [2.05, 4.69) is 45.8 Å². The second kappa shape index (κ2) is 6.27. The molecule has 2 rings (SSSR count). The van der Waals surface area contributed by atoms with E-state index >= 15 is 0 Å². The molecular formula is C16H18BrNO2. The highest BCUT2D eigenvalue weighted by Gasteiger charge is 2.10. The topological polar surface area (TPSA) is 31.2 Å². The first-order chi connectivity index (χ1) is 9.56. The SMILES string of the molecule is CCOC(=O)/C(C)=C/c1cn(CC)c2ccc(Br)cc12. The van der Waals surface area contributed by atoms with Crippen molar-refractivity contribution >= 4 is 38.9 Å². The first-order valence-electron chi connectivity index (χ1n) is 6.70. The van der Waals surface area contributed by atoms with Crippen LogP contribution in [0.4, 0.5) is 0 Å². The van der Waals surface area contributed by atoms with Crippen molar-refractivity contribution in [3.05, 3.63) is 40.0 Å². The molecule has 0 N–H and O–H groups in total. The number of hydrogen-bond donors (Lipinski definition) is 0. The normalized spacial score (nSPS) is 11.9. The van der Waals surface area contributed by atoms with Crippen LogP contribution in [-0.2, 0) is 16.1 Å². The van der Waals surface area contributed by atoms with Crippen LogP contribution in [0.2, 0.25) is 0 Å². The van der Waals surface area contributed by atoms with E-state index in [1.807, 2.05) is 19.1 Å². The third-order valence-corrected chi connectivity index (χ3v) is 3.68. The van der Waals surface area contributed by atoms with Gasteiger partial charge in [-0.2, -0.15) is 0 Å². The van der Waals surface area contributed by atoms with E-state index in [9.17, 15) is 4.79 Å². The standard InChI is InChI=1S/C16H18BrNO2/c1-4-18-10-12(8-11(3)16(19)20-5-2)14-9-13(17)6-7-15(14)18/h6-10H,4-5H2,1-3H3/b11-8+. The van der Waals surface area contributed by atoms with E-state index in [0.29, 0.717) is 12.2 Å². The van der Waals surface area contributed by atoms with Gasteiger partial charge in [-0.05, 0) is 45.0 Å². The highest BCUT2D eigenvalue weighted by molar-refractivity contribution is 9.10. The number of halogens is 1. The van der Waals surface area contributed by atoms with Crippen LogP contribution in [0, 0.1) is 0 Å². The first kappa shape index (κ1) is 14.9. The quantitative estimate of drug-likeness (QED) is 0.612. The lowest BCUT2D eigenvalue weighted by atomic mass is 10.1. The van der Waals surface area contributed by atoms with Crippen molar-refractivity contribution in [3.8, 4) is 0 Å². The lowest BCUT2D eigenvalue weighted by Gasteiger charge is -2.01. The Kier molecular flexibility index (Phi) is 4.65. The molecule has 106 valence electrons. The molecule has 1 aromatic carbocycles. The minimum absolute atomic E-state index is 0.264. The number of carbonyl (C=O) groups excluding carboxylic acids is 1. The number of rotatable bonds is 4. The minimum atomic E-state index is -0.264. The summed E-state index contributed by atoms with van der Waals surface area (Å²) in [5.41, 5.74) is 2.81. The number of esters is 1. The Balaban J connectivity index is 2.51. The van der Waals surface area contributed by atoms with Gasteiger partial charge in [-0.25, -0.2) is 4.79 Å². The van der Waals surface area contributed by atoms with Crippen molar-refractivity contribution in [2.45, 2.75) is 27.3 Å². The molecule has 0 bridgehead atoms. The van der Waals surface area contributed by atoms with E-state index in [1.54, 1.807) is 6.92 Å². The lowest BCUT2D eigenvalue weighted by molar-refractivity contribution is -0.138. The van der Waals surface area contributed by atoms with Crippen LogP contribution in [0.5, 0.6) is 0 Å². The molecule has 20 heavy (non-hydrogen) atoms. The van der Waals surface area contributed by atoms with Gasteiger partial charge in [-0.15, -0.1) is 0 Å². The number of fused-ring (bicyclic) bond motifs is 1. The number of aryl methyl sites for hydroxylation is 1. The van der Waals surface area contributed by atoms with Crippen molar-refractivity contribution in [1.29, 1.82) is 0 Å². The van der Waals surface area contributed by atoms with Crippen molar-refractivity contribution in [2.24, 2.45) is 0 Å². The van der Waals surface area contributed by atoms with Gasteiger partial charge in [0.15, 0.2) is 0 Å². The Morgan fingerprint density at radius 1 is 1.40 bits per heavy atom. The lowest BCUT2D eigenvalue weighted by Crippen LogP contribution is -2.04. The predicted octanol–water partition coefficient (Wildman–Crippen LogP) is 4.39. The zero-order valence-electron chi connectivity index (χ0n) is 11.9. The molecule has 3 nitrogen and oxygen atoms in total. The molecule has 2 aromatic rings. The van der Waals surface area contributed by atoms with Gasteiger partial charge in [0.25, 0.3) is 0 Å². The summed E-state index contributed by atoms with van der Waals surface area (Å²) in [7, 11) is 0. The average molecular weight is 336 g/mol. The van der Waals surface area contributed by atoms with Crippen molar-refractivity contribution < 1.29 is 9.53 Å². The number of aromatic nitrogens is 1. The van der Waals surface area contributed by atoms with Crippen LogP contribution in [0.25, 0.3) is 17.0 Å². The fourth-order valence-corrected chi connectivity index (χ4v) is 2.57. The van der Waals surface area contributed by atoms with Crippen LogP contribution >= 0.6 is 15.9 Å². The van der Waals surface area contributed by atoms with Crippen LogP contribution in [0.1, 0.15) is 26.3 Å². The van der Waals surface area contributed by atoms with Crippen LogP contribution in [0.3, 0.4) is 0 Å². The Morgan fingerprint density at radius 2 is 2.15 bits per heavy atom. The molecule has 0 radical (unpaired) electrons. The summed E-state index contributed by atoms with van der Waals surface area (Å²) in [4.78, 5) is 11.7. The van der Waals surface area contributed by atoms with Crippen molar-refractivity contribution in [3.63, 3.8) is 0 Å². The van der Waals surface area contributed by atoms with Gasteiger partial charge < -0.3 is 9.30 Å². The van der Waals surface area contributed by atoms with Gasteiger partial charge in [0.05, 0.1) is 6.61 Å². The smallest absolute Gasteiger partial charge is 0.333 e. The Hall–Kier alpha value is -1.55. The molecule has 0 aliphatic rings. The van der Waals surface area contributed by atoms with Gasteiger partial charge in [-0.3, -0.25) is 0 Å². The third-order valence-electron chi connectivity index (χ3n) is 3.18. The van der Waals surface area contributed by atoms with Crippen molar-refractivity contribution in [2.75, 3.05) is 6.61 Å². The summed E-state index contributed by atoms with van der Waals surface area (Å²) < 4.78 is 8.22. The summed E-state index contributed by atoms with van der Waals surface area (Å²) >= 11 is 3.50. The molecule has 0 spiro atoms. The molecular weight excluding hydrogens is 318 g/mol. The molecule has 0 unspecified atom stereocenters. The Bertz CT molecular complexity index is 670. The molecule has 1 heterocycles. The molecule has 0 saturated heterocycles. The maximum absolute atomic E-state index is 11.7. The fourth-order valence-electron chi connectivity index (χ4n) is 2.21. The molecule has 0 amide bonds. The van der Waals surface area contributed by atoms with Gasteiger partial charge in [-0.1, -0.05) is 15.9 Å². The molecule has 0 saturated carbocycles. The van der Waals surface area contributed by atoms with E-state index in [-0.39, 0.29) is 5.97 Å². The number of hydrogen-bond acceptors (Lipinski definition) is 2. The van der Waals surface area contributed by atoms with Gasteiger partial charge >= 0.3 is 5.97 Å². The highest BCUT2D eigenvalue weighted by atomic mass is 79.9. The third kappa shape index (κ3) is 2.96. The minimum Gasteiger partial charge on any atom is -0.463 e. The molecule has 0 aliphatic carbocycles. The van der Waals surface area contributed by atoms with E-state index in [0.717, 1.165) is 22.0 Å².